The predicted molar refractivity (Wildman–Crippen MR) is 99.4 cm³/mol. The second-order valence-corrected chi connectivity index (χ2v) is 8.91. The van der Waals surface area contributed by atoms with Crippen LogP contribution in [0.25, 0.3) is 11.2 Å². The maximum absolute atomic E-state index is 11.7. The highest BCUT2D eigenvalue weighted by Crippen LogP contribution is 2.52. The third kappa shape index (κ3) is 3.37. The fourth-order valence-electron chi connectivity index (χ4n) is 4.14. The Balaban J connectivity index is 1.41. The Kier molecular flexibility index (Phi) is 4.52. The molecule has 152 valence electrons. The van der Waals surface area contributed by atoms with Crippen LogP contribution in [0, 0.1) is 0 Å². The van der Waals surface area contributed by atoms with Gasteiger partial charge in [-0.05, 0) is 12.8 Å². The molecule has 2 aromatic rings. The molecule has 4 atom stereocenters. The molecule has 1 saturated carbocycles. The number of nitrogens with two attached hydrogens (primary N) is 1. The lowest BCUT2D eigenvalue weighted by Crippen LogP contribution is -2.32. The summed E-state index contributed by atoms with van der Waals surface area (Å²) in [6.45, 7) is 0.00713. The molecule has 0 aromatic carbocycles. The van der Waals surface area contributed by atoms with Gasteiger partial charge in [-0.3, -0.25) is 13.6 Å². The molecule has 4 heterocycles. The van der Waals surface area contributed by atoms with Crippen molar-refractivity contribution in [3.05, 3.63) is 6.33 Å². The lowest BCUT2D eigenvalue weighted by molar-refractivity contribution is -0.0661. The highest BCUT2D eigenvalue weighted by atomic mass is 31.2. The second-order valence-electron chi connectivity index (χ2n) is 7.51. The molecule has 0 radical (unpaired) electrons. The molecule has 28 heavy (non-hydrogen) atoms. The number of ether oxygens (including phenoxy) is 1. The van der Waals surface area contributed by atoms with Gasteiger partial charge in [0.15, 0.2) is 11.5 Å². The van der Waals surface area contributed by atoms with Crippen molar-refractivity contribution in [1.82, 2.24) is 19.5 Å². The summed E-state index contributed by atoms with van der Waals surface area (Å²) >= 11 is 0. The maximum Gasteiger partial charge on any atom is 0.472 e. The number of phosphoric ester groups is 1. The summed E-state index contributed by atoms with van der Waals surface area (Å²) < 4.78 is 29.4. The van der Waals surface area contributed by atoms with E-state index in [0.717, 1.165) is 12.8 Å². The van der Waals surface area contributed by atoms with E-state index >= 15 is 0 Å². The van der Waals surface area contributed by atoms with Crippen LogP contribution in [-0.4, -0.2) is 49.3 Å². The number of rotatable bonds is 3. The normalized spacial score (nSPS) is 33.8. The first-order chi connectivity index (χ1) is 13.5. The molecular weight excluding hydrogens is 387 g/mol. The van der Waals surface area contributed by atoms with E-state index < -0.39 is 26.3 Å². The Hall–Kier alpha value is -1.78. The lowest BCUT2D eigenvalue weighted by Gasteiger charge is -2.26. The van der Waals surface area contributed by atoms with E-state index in [1.165, 1.54) is 19.3 Å². The largest absolute Gasteiger partial charge is 0.472 e. The molecule has 12 heteroatoms. The van der Waals surface area contributed by atoms with Gasteiger partial charge in [-0.2, -0.15) is 9.97 Å². The Morgan fingerprint density at radius 2 is 2.07 bits per heavy atom. The lowest BCUT2D eigenvalue weighted by atomic mass is 9.96. The third-order valence-electron chi connectivity index (χ3n) is 5.55. The van der Waals surface area contributed by atoms with Gasteiger partial charge in [0.05, 0.1) is 12.9 Å². The van der Waals surface area contributed by atoms with E-state index in [1.54, 1.807) is 10.9 Å². The van der Waals surface area contributed by atoms with Gasteiger partial charge in [0.2, 0.25) is 5.95 Å². The molecule has 2 aliphatic heterocycles. The molecule has 2 saturated heterocycles. The van der Waals surface area contributed by atoms with Gasteiger partial charge >= 0.3 is 7.82 Å². The minimum atomic E-state index is -4.00. The number of anilines is 2. The van der Waals surface area contributed by atoms with E-state index in [-0.39, 0.29) is 6.61 Å². The number of hydrogen-bond donors (Lipinski definition) is 3. The summed E-state index contributed by atoms with van der Waals surface area (Å²) in [7, 11) is -4.00. The number of fused-ring (bicyclic) bond motifs is 2. The standard InChI is InChI=1S/C16H23N6O5P/c17-14-13-15(21-16(20-14)19-9-4-2-1-3-5-9)22(8-18-13)12-6-10-11(26-12)7-25-28(23,24)27-10/h8-12H,1-7H2,(H,23,24)(H3,17,19,20,21). The van der Waals surface area contributed by atoms with Crippen molar-refractivity contribution in [2.45, 2.75) is 63.0 Å². The van der Waals surface area contributed by atoms with E-state index in [2.05, 4.69) is 20.3 Å². The van der Waals surface area contributed by atoms with E-state index in [9.17, 15) is 9.46 Å². The van der Waals surface area contributed by atoms with Gasteiger partial charge in [0.25, 0.3) is 0 Å². The fourth-order valence-corrected chi connectivity index (χ4v) is 5.10. The molecule has 1 aliphatic carbocycles. The van der Waals surface area contributed by atoms with Crippen LogP contribution in [0.5, 0.6) is 0 Å². The first-order valence-corrected chi connectivity index (χ1v) is 11.1. The van der Waals surface area contributed by atoms with E-state index in [4.69, 9.17) is 19.5 Å². The van der Waals surface area contributed by atoms with Gasteiger partial charge in [-0.25, -0.2) is 9.55 Å². The number of hydrogen-bond acceptors (Lipinski definition) is 9. The van der Waals surface area contributed by atoms with Crippen LogP contribution < -0.4 is 11.1 Å². The third-order valence-corrected chi connectivity index (χ3v) is 6.56. The Bertz CT molecular complexity index is 932. The van der Waals surface area contributed by atoms with Crippen LogP contribution in [0.2, 0.25) is 0 Å². The van der Waals surface area contributed by atoms with Crippen molar-refractivity contribution in [2.24, 2.45) is 0 Å². The van der Waals surface area contributed by atoms with Crippen molar-refractivity contribution in [1.29, 1.82) is 0 Å². The zero-order valence-electron chi connectivity index (χ0n) is 15.2. The summed E-state index contributed by atoms with van der Waals surface area (Å²) in [4.78, 5) is 22.8. The topological polar surface area (TPSA) is 147 Å². The summed E-state index contributed by atoms with van der Waals surface area (Å²) in [6.07, 6.45) is 6.44. The van der Waals surface area contributed by atoms with Gasteiger partial charge in [0, 0.05) is 12.5 Å². The average Bonchev–Trinajstić information content (AvgIpc) is 3.25. The zero-order chi connectivity index (χ0) is 19.3. The summed E-state index contributed by atoms with van der Waals surface area (Å²) in [5.74, 6) is 0.783. The molecule has 0 spiro atoms. The molecule has 4 unspecified atom stereocenters. The van der Waals surface area contributed by atoms with Crippen molar-refractivity contribution < 1.29 is 23.2 Å². The van der Waals surface area contributed by atoms with Crippen LogP contribution in [0.3, 0.4) is 0 Å². The van der Waals surface area contributed by atoms with Gasteiger partial charge in [-0.15, -0.1) is 0 Å². The number of aromatic nitrogens is 4. The molecule has 0 bridgehead atoms. The van der Waals surface area contributed by atoms with Gasteiger partial charge < -0.3 is 20.7 Å². The highest BCUT2D eigenvalue weighted by Gasteiger charge is 2.46. The minimum absolute atomic E-state index is 0.00713. The molecule has 3 aliphatic rings. The smallest absolute Gasteiger partial charge is 0.382 e. The van der Waals surface area contributed by atoms with Gasteiger partial charge in [-0.1, -0.05) is 19.3 Å². The maximum atomic E-state index is 11.7. The quantitative estimate of drug-likeness (QED) is 0.642. The summed E-state index contributed by atoms with van der Waals surface area (Å²) in [5, 5.41) is 3.38. The van der Waals surface area contributed by atoms with Gasteiger partial charge in [0.1, 0.15) is 24.0 Å². The molecule has 5 rings (SSSR count). The second kappa shape index (κ2) is 6.93. The number of imidazole rings is 1. The monoisotopic (exact) mass is 410 g/mol. The Morgan fingerprint density at radius 3 is 2.89 bits per heavy atom. The van der Waals surface area contributed by atoms with Crippen molar-refractivity contribution in [3.63, 3.8) is 0 Å². The van der Waals surface area contributed by atoms with E-state index in [1.807, 2.05) is 0 Å². The zero-order valence-corrected chi connectivity index (χ0v) is 16.1. The molecular formula is C16H23N6O5P. The van der Waals surface area contributed by atoms with Crippen LogP contribution in [0.15, 0.2) is 6.33 Å². The van der Waals surface area contributed by atoms with Crippen molar-refractivity contribution in [2.75, 3.05) is 17.7 Å². The summed E-state index contributed by atoms with van der Waals surface area (Å²) in [6, 6.07) is 0.344. The predicted octanol–water partition coefficient (Wildman–Crippen LogP) is 1.96. The number of nitrogen functional groups attached to an aromatic ring is 1. The minimum Gasteiger partial charge on any atom is -0.382 e. The number of phosphoric acid groups is 1. The first kappa shape index (κ1) is 18.3. The molecule has 3 fully saturated rings. The first-order valence-electron chi connectivity index (χ1n) is 9.56. The summed E-state index contributed by atoms with van der Waals surface area (Å²) in [5.41, 5.74) is 7.16. The highest BCUT2D eigenvalue weighted by molar-refractivity contribution is 7.47. The number of nitrogens with zero attached hydrogens (tertiary/aromatic N) is 4. The van der Waals surface area contributed by atoms with Crippen LogP contribution in [0.4, 0.5) is 11.8 Å². The molecule has 0 amide bonds. The molecule has 4 N–H and O–H groups in total. The number of nitrogens with one attached hydrogen (secondary N) is 1. The van der Waals surface area contributed by atoms with Crippen LogP contribution in [-0.2, 0) is 18.3 Å². The fraction of sp³-hybridized carbons (Fsp3) is 0.688. The average molecular weight is 410 g/mol. The van der Waals surface area contributed by atoms with E-state index in [0.29, 0.717) is 35.4 Å². The SMILES string of the molecule is Nc1nc(NC2CCCCC2)nc2c1ncn2C1CC2OP(=O)(O)OCC2O1. The van der Waals surface area contributed by atoms with Crippen molar-refractivity contribution >= 4 is 30.8 Å². The van der Waals surface area contributed by atoms with Crippen LogP contribution >= 0.6 is 7.82 Å². The van der Waals surface area contributed by atoms with Crippen molar-refractivity contribution in [3.8, 4) is 0 Å². The molecule has 11 nitrogen and oxygen atoms in total. The molecule has 2 aromatic heterocycles. The Labute approximate surface area is 161 Å². The Morgan fingerprint density at radius 1 is 1.25 bits per heavy atom. The van der Waals surface area contributed by atoms with Crippen LogP contribution in [0.1, 0.15) is 44.8 Å².